The number of carbonyl (C=O) groups excluding carboxylic acids is 6. The van der Waals surface area contributed by atoms with Gasteiger partial charge in [0.2, 0.25) is 6.79 Å². The van der Waals surface area contributed by atoms with E-state index in [1.54, 1.807) is 25.1 Å². The van der Waals surface area contributed by atoms with E-state index in [1.165, 1.54) is 31.0 Å². The quantitative estimate of drug-likeness (QED) is 0.109. The van der Waals surface area contributed by atoms with Gasteiger partial charge in [0.15, 0.2) is 23.0 Å². The van der Waals surface area contributed by atoms with Crippen LogP contribution in [0.2, 0.25) is 0 Å². The summed E-state index contributed by atoms with van der Waals surface area (Å²) in [6, 6.07) is 0.429. The Kier molecular flexibility index (Phi) is 11.2. The number of phenolic OH excluding ortho intramolecular Hbond substituents is 1. The molecule has 0 heterocycles. The Morgan fingerprint density at radius 3 is 2.24 bits per heavy atom. The van der Waals surface area contributed by atoms with Crippen LogP contribution in [0.5, 0.6) is 5.75 Å². The molecule has 0 aromatic heterocycles. The molecule has 16 heteroatoms. The Labute approximate surface area is 296 Å². The van der Waals surface area contributed by atoms with Gasteiger partial charge in [-0.3, -0.25) is 28.9 Å². The number of Topliss-reactive ketones (excluding diaryl/α,β-unsaturated/α-hetero) is 3. The van der Waals surface area contributed by atoms with E-state index in [-0.39, 0.29) is 50.1 Å². The van der Waals surface area contributed by atoms with E-state index in [0.717, 1.165) is 0 Å². The van der Waals surface area contributed by atoms with Gasteiger partial charge in [-0.15, -0.1) is 0 Å². The van der Waals surface area contributed by atoms with E-state index in [0.29, 0.717) is 11.3 Å². The fourth-order valence-electron chi connectivity index (χ4n) is 7.54. The second-order valence-electron chi connectivity index (χ2n) is 15.0. The molecule has 0 bridgehead atoms. The summed E-state index contributed by atoms with van der Waals surface area (Å²) in [5.74, 6) is -9.89. The molecule has 1 aromatic carbocycles. The number of nitrogens with zero attached hydrogens (tertiary/aromatic N) is 3. The minimum absolute atomic E-state index is 0.0386. The molecule has 1 aromatic rings. The average Bonchev–Trinajstić information content (AvgIpc) is 3.01. The number of anilines is 1. The molecule has 5 N–H and O–H groups in total. The number of nitrogens with two attached hydrogens (primary N) is 1. The third-order valence-electron chi connectivity index (χ3n) is 9.66. The van der Waals surface area contributed by atoms with Crippen molar-refractivity contribution in [2.24, 2.45) is 28.9 Å². The van der Waals surface area contributed by atoms with Gasteiger partial charge in [0, 0.05) is 44.9 Å². The van der Waals surface area contributed by atoms with Crippen molar-refractivity contribution in [1.29, 1.82) is 0 Å². The summed E-state index contributed by atoms with van der Waals surface area (Å²) in [7, 11) is 7.94. The van der Waals surface area contributed by atoms with Crippen molar-refractivity contribution in [3.05, 3.63) is 34.1 Å². The second kappa shape index (κ2) is 14.6. The zero-order chi connectivity index (χ0) is 38.3. The number of phenols is 1. The molecule has 16 nitrogen and oxygen atoms in total. The number of rotatable bonds is 11. The molecule has 0 aliphatic heterocycles. The smallest absolute Gasteiger partial charge is 0.412 e. The lowest BCUT2D eigenvalue weighted by Crippen LogP contribution is -2.68. The fraction of sp³-hybridized carbons (Fsp3) is 0.600. The van der Waals surface area contributed by atoms with Crippen LogP contribution in [0.4, 0.5) is 10.5 Å². The summed E-state index contributed by atoms with van der Waals surface area (Å²) in [5.41, 5.74) is 2.19. The molecule has 3 aliphatic carbocycles. The number of ether oxygens (including phenoxy) is 3. The number of benzene rings is 1. The molecule has 0 radical (unpaired) electrons. The van der Waals surface area contributed by atoms with Crippen LogP contribution < -0.4 is 10.6 Å². The van der Waals surface area contributed by atoms with E-state index in [9.17, 15) is 44.1 Å². The first-order valence-electron chi connectivity index (χ1n) is 16.5. The SMILES string of the molecule is COCCC(=O)OCOC(=O)N(Cc1cc(N(C)C)c2c(c1O)C(=O)C1C(=O)[C@]3(O)C(O)=C(C(N)=O)C(=O)[C@@H](N(C)C)C3CC1C2)CC(C)(C)C. The normalized spacial score (nSPS) is 24.5. The van der Waals surface area contributed by atoms with Gasteiger partial charge in [-0.05, 0) is 49.9 Å². The van der Waals surface area contributed by atoms with Crippen LogP contribution >= 0.6 is 0 Å². The first-order chi connectivity index (χ1) is 23.7. The average molecular weight is 717 g/mol. The zero-order valence-electron chi connectivity index (χ0n) is 30.3. The predicted octanol–water partition coefficient (Wildman–Crippen LogP) is 1.08. The van der Waals surface area contributed by atoms with Gasteiger partial charge >= 0.3 is 12.1 Å². The number of hydrogen-bond acceptors (Lipinski definition) is 14. The number of hydrogen-bond donors (Lipinski definition) is 4. The van der Waals surface area contributed by atoms with E-state index in [2.05, 4.69) is 0 Å². The highest BCUT2D eigenvalue weighted by molar-refractivity contribution is 6.25. The summed E-state index contributed by atoms with van der Waals surface area (Å²) >= 11 is 0. The maximum atomic E-state index is 14.4. The van der Waals surface area contributed by atoms with Crippen LogP contribution in [0.25, 0.3) is 0 Å². The van der Waals surface area contributed by atoms with Crippen LogP contribution in [0, 0.1) is 23.2 Å². The number of methoxy groups -OCH3 is 1. The number of aliphatic hydroxyl groups is 2. The van der Waals surface area contributed by atoms with Gasteiger partial charge in [-0.25, -0.2) is 4.79 Å². The molecule has 3 aliphatic rings. The maximum Gasteiger partial charge on any atom is 0.412 e. The van der Waals surface area contributed by atoms with Gasteiger partial charge in [0.05, 0.1) is 37.1 Å². The van der Waals surface area contributed by atoms with Crippen molar-refractivity contribution in [2.75, 3.05) is 60.1 Å². The minimum Gasteiger partial charge on any atom is -0.508 e. The molecule has 5 atom stereocenters. The van der Waals surface area contributed by atoms with Crippen LogP contribution in [-0.4, -0.2) is 127 Å². The number of amides is 2. The summed E-state index contributed by atoms with van der Waals surface area (Å²) in [6.07, 6.45) is -0.859. The Hall–Kier alpha value is -4.54. The van der Waals surface area contributed by atoms with Crippen LogP contribution in [0.3, 0.4) is 0 Å². The van der Waals surface area contributed by atoms with Crippen LogP contribution in [0.15, 0.2) is 17.4 Å². The Balaban J connectivity index is 1.76. The van der Waals surface area contributed by atoms with Crippen LogP contribution in [0.1, 0.15) is 55.1 Å². The van der Waals surface area contributed by atoms with Gasteiger partial charge in [-0.2, -0.15) is 0 Å². The highest BCUT2D eigenvalue weighted by Gasteiger charge is 2.66. The van der Waals surface area contributed by atoms with Crippen molar-refractivity contribution in [3.63, 3.8) is 0 Å². The Bertz CT molecular complexity index is 1660. The number of fused-ring (bicyclic) bond motifs is 3. The topological polar surface area (TPSA) is 227 Å². The number of aromatic hydroxyl groups is 1. The van der Waals surface area contributed by atoms with E-state index >= 15 is 0 Å². The summed E-state index contributed by atoms with van der Waals surface area (Å²) in [4.78, 5) is 83.9. The van der Waals surface area contributed by atoms with Gasteiger partial charge in [0.25, 0.3) is 5.91 Å². The second-order valence-corrected chi connectivity index (χ2v) is 15.0. The minimum atomic E-state index is -2.78. The Morgan fingerprint density at radius 2 is 1.69 bits per heavy atom. The van der Waals surface area contributed by atoms with Gasteiger partial charge in [-0.1, -0.05) is 20.8 Å². The molecule has 4 rings (SSSR count). The standard InChI is InChI=1S/C35H48N4O12/c1-34(2,3)15-39(33(47)51-16-50-22(40)9-10-49-8)14-18-13-21(37(4)5)19-11-17-12-20-26(38(6)7)29(43)25(32(36)46)31(45)35(20,48)30(44)23(17)28(42)24(19)27(18)41/h13,17,20,23,26,41,45,48H,9-12,14-16H2,1-8H3,(H2,36,46)/t17?,20?,23?,26-,35-/m0/s1. The summed E-state index contributed by atoms with van der Waals surface area (Å²) < 4.78 is 15.0. The first kappa shape index (κ1) is 39.2. The van der Waals surface area contributed by atoms with E-state index < -0.39 is 94.0 Å². The monoisotopic (exact) mass is 716 g/mol. The highest BCUT2D eigenvalue weighted by atomic mass is 16.7. The lowest BCUT2D eigenvalue weighted by atomic mass is 9.54. The molecular formula is C35H48N4O12. The molecule has 1 saturated carbocycles. The number of primary amides is 1. The van der Waals surface area contributed by atoms with Crippen molar-refractivity contribution < 1.29 is 58.3 Å². The van der Waals surface area contributed by atoms with Crippen molar-refractivity contribution in [3.8, 4) is 5.75 Å². The summed E-state index contributed by atoms with van der Waals surface area (Å²) in [5, 5.41) is 34.8. The first-order valence-corrected chi connectivity index (χ1v) is 16.5. The molecule has 51 heavy (non-hydrogen) atoms. The molecule has 2 amide bonds. The number of esters is 1. The van der Waals surface area contributed by atoms with E-state index in [4.69, 9.17) is 19.9 Å². The van der Waals surface area contributed by atoms with Crippen molar-refractivity contribution in [2.45, 2.75) is 58.2 Å². The lowest BCUT2D eigenvalue weighted by molar-refractivity contribution is -0.163. The predicted molar refractivity (Wildman–Crippen MR) is 181 cm³/mol. The number of ketones is 3. The molecule has 280 valence electrons. The molecule has 3 unspecified atom stereocenters. The number of likely N-dealkylation sites (N-methyl/N-ethyl adjacent to an activating group) is 1. The zero-order valence-corrected chi connectivity index (χ0v) is 30.3. The molecule has 0 spiro atoms. The Morgan fingerprint density at radius 1 is 1.04 bits per heavy atom. The number of aliphatic hydroxyl groups excluding tert-OH is 1. The molecule has 0 saturated heterocycles. The highest BCUT2D eigenvalue weighted by Crippen LogP contribution is 2.53. The third-order valence-corrected chi connectivity index (χ3v) is 9.66. The molecular weight excluding hydrogens is 668 g/mol. The molecule has 1 fully saturated rings. The van der Waals surface area contributed by atoms with Crippen molar-refractivity contribution >= 4 is 41.0 Å². The largest absolute Gasteiger partial charge is 0.508 e. The fourth-order valence-corrected chi connectivity index (χ4v) is 7.54. The van der Waals surface area contributed by atoms with E-state index in [1.807, 2.05) is 20.8 Å². The number of carbonyl (C=O) groups is 6. The van der Waals surface area contributed by atoms with Gasteiger partial charge < -0.3 is 45.1 Å². The third kappa shape index (κ3) is 7.30. The van der Waals surface area contributed by atoms with Gasteiger partial charge in [0.1, 0.15) is 17.1 Å². The lowest BCUT2D eigenvalue weighted by Gasteiger charge is -2.52. The van der Waals surface area contributed by atoms with Crippen molar-refractivity contribution in [1.82, 2.24) is 9.80 Å². The maximum absolute atomic E-state index is 14.4. The summed E-state index contributed by atoms with van der Waals surface area (Å²) in [6.45, 7) is 4.98. The van der Waals surface area contributed by atoms with Crippen LogP contribution in [-0.2, 0) is 46.4 Å².